The van der Waals surface area contributed by atoms with Gasteiger partial charge in [0.1, 0.15) is 5.60 Å². The average molecular weight is 314 g/mol. The van der Waals surface area contributed by atoms with Crippen molar-refractivity contribution in [3.63, 3.8) is 0 Å². The van der Waals surface area contributed by atoms with Gasteiger partial charge in [-0.15, -0.1) is 0 Å². The molecule has 0 bridgehead atoms. The molecule has 1 fully saturated rings. The van der Waals surface area contributed by atoms with Crippen LogP contribution in [0.1, 0.15) is 33.6 Å². The van der Waals surface area contributed by atoms with Gasteiger partial charge in [0.25, 0.3) is 0 Å². The van der Waals surface area contributed by atoms with Crippen molar-refractivity contribution in [1.82, 2.24) is 20.4 Å². The summed E-state index contributed by atoms with van der Waals surface area (Å²) in [6, 6.07) is 0.469. The Bertz CT molecular complexity index is 371. The second-order valence-electron chi connectivity index (χ2n) is 6.82. The largest absolute Gasteiger partial charge is 0.444 e. The lowest BCUT2D eigenvalue weighted by atomic mass is 10.1. The monoisotopic (exact) mass is 314 g/mol. The number of nitrogens with one attached hydrogen (secondary N) is 2. The van der Waals surface area contributed by atoms with Gasteiger partial charge in [0.05, 0.1) is 0 Å². The van der Waals surface area contributed by atoms with E-state index in [-0.39, 0.29) is 12.1 Å². The lowest BCUT2D eigenvalue weighted by Crippen LogP contribution is -2.49. The summed E-state index contributed by atoms with van der Waals surface area (Å²) >= 11 is 0. The van der Waals surface area contributed by atoms with Gasteiger partial charge in [-0.05, 0) is 33.6 Å². The molecule has 1 aliphatic heterocycles. The number of hydrogen-bond acceptors (Lipinski definition) is 4. The third kappa shape index (κ3) is 6.98. The van der Waals surface area contributed by atoms with Crippen molar-refractivity contribution in [2.24, 2.45) is 0 Å². The van der Waals surface area contributed by atoms with Crippen LogP contribution in [0.5, 0.6) is 0 Å². The molecular weight excluding hydrogens is 284 g/mol. The lowest BCUT2D eigenvalue weighted by molar-refractivity contribution is 0.0527. The third-order valence-corrected chi connectivity index (χ3v) is 3.37. The number of carbonyl (C=O) groups is 2. The van der Waals surface area contributed by atoms with E-state index in [9.17, 15) is 9.59 Å². The first-order valence-corrected chi connectivity index (χ1v) is 7.85. The molecule has 0 aromatic heterocycles. The van der Waals surface area contributed by atoms with Crippen LogP contribution in [-0.2, 0) is 4.74 Å². The number of hydrogen-bond donors (Lipinski definition) is 2. The maximum atomic E-state index is 11.8. The number of piperidine rings is 1. The van der Waals surface area contributed by atoms with Crippen LogP contribution < -0.4 is 10.6 Å². The number of urea groups is 1. The normalized spacial score (nSPS) is 16.3. The second kappa shape index (κ2) is 8.22. The highest BCUT2D eigenvalue weighted by molar-refractivity contribution is 5.73. The predicted molar refractivity (Wildman–Crippen MR) is 85.9 cm³/mol. The zero-order valence-electron chi connectivity index (χ0n) is 14.4. The van der Waals surface area contributed by atoms with Crippen molar-refractivity contribution in [2.45, 2.75) is 45.3 Å². The van der Waals surface area contributed by atoms with Gasteiger partial charge in [0, 0.05) is 46.3 Å². The van der Waals surface area contributed by atoms with E-state index in [0.717, 1.165) is 25.9 Å². The molecule has 0 aliphatic carbocycles. The summed E-state index contributed by atoms with van der Waals surface area (Å²) in [5.74, 6) is 0. The van der Waals surface area contributed by atoms with Gasteiger partial charge in [0.2, 0.25) is 0 Å². The molecule has 22 heavy (non-hydrogen) atoms. The number of likely N-dealkylation sites (tertiary alicyclic amines) is 1. The van der Waals surface area contributed by atoms with E-state index in [0.29, 0.717) is 19.1 Å². The number of nitrogens with zero attached hydrogens (tertiary/aromatic N) is 2. The fraction of sp³-hybridized carbons (Fsp3) is 0.867. The molecule has 0 spiro atoms. The van der Waals surface area contributed by atoms with Gasteiger partial charge in [-0.3, -0.25) is 0 Å². The Hall–Kier alpha value is -1.50. The highest BCUT2D eigenvalue weighted by Gasteiger charge is 2.23. The standard InChI is InChI=1S/C15H30N4O3/c1-15(2,3)22-13(20)17-9-8-16-12-6-10-19(11-7-12)14(21)18(4)5/h12,16H,6-11H2,1-5H3,(H,17,20). The summed E-state index contributed by atoms with van der Waals surface area (Å²) in [5.41, 5.74) is -0.469. The first-order chi connectivity index (χ1) is 10.2. The Morgan fingerprint density at radius 1 is 1.18 bits per heavy atom. The molecule has 0 unspecified atom stereocenters. The SMILES string of the molecule is CN(C)C(=O)N1CCC(NCCNC(=O)OC(C)(C)C)CC1. The van der Waals surface area contributed by atoms with Gasteiger partial charge in [0.15, 0.2) is 0 Å². The van der Waals surface area contributed by atoms with Gasteiger partial charge in [-0.2, -0.15) is 0 Å². The first-order valence-electron chi connectivity index (χ1n) is 7.85. The van der Waals surface area contributed by atoms with Crippen LogP contribution in [0.2, 0.25) is 0 Å². The van der Waals surface area contributed by atoms with Gasteiger partial charge in [-0.1, -0.05) is 0 Å². The van der Waals surface area contributed by atoms with E-state index in [2.05, 4.69) is 10.6 Å². The van der Waals surface area contributed by atoms with Crippen molar-refractivity contribution < 1.29 is 14.3 Å². The topological polar surface area (TPSA) is 73.9 Å². The van der Waals surface area contributed by atoms with Crippen LogP contribution in [0.15, 0.2) is 0 Å². The Balaban J connectivity index is 2.13. The number of alkyl carbamates (subject to hydrolysis) is 1. The van der Waals surface area contributed by atoms with Gasteiger partial charge >= 0.3 is 12.1 Å². The fourth-order valence-electron chi connectivity index (χ4n) is 2.31. The van der Waals surface area contributed by atoms with Crippen LogP contribution in [0.4, 0.5) is 9.59 Å². The molecule has 0 aromatic rings. The Labute approximate surface area is 133 Å². The molecular formula is C15H30N4O3. The van der Waals surface area contributed by atoms with Crippen LogP contribution >= 0.6 is 0 Å². The molecule has 1 aliphatic rings. The molecule has 7 nitrogen and oxygen atoms in total. The minimum Gasteiger partial charge on any atom is -0.444 e. The maximum absolute atomic E-state index is 11.8. The smallest absolute Gasteiger partial charge is 0.407 e. The number of carbonyl (C=O) groups excluding carboxylic acids is 2. The Morgan fingerprint density at radius 3 is 2.27 bits per heavy atom. The van der Waals surface area contributed by atoms with Crippen LogP contribution in [0, 0.1) is 0 Å². The Kier molecular flexibility index (Phi) is 6.93. The summed E-state index contributed by atoms with van der Waals surface area (Å²) in [7, 11) is 3.55. The van der Waals surface area contributed by atoms with Crippen molar-refractivity contribution in [2.75, 3.05) is 40.3 Å². The van der Waals surface area contributed by atoms with Crippen molar-refractivity contribution >= 4 is 12.1 Å². The highest BCUT2D eigenvalue weighted by atomic mass is 16.6. The van der Waals surface area contributed by atoms with Crippen LogP contribution in [0.25, 0.3) is 0 Å². The number of rotatable bonds is 4. The third-order valence-electron chi connectivity index (χ3n) is 3.37. The molecule has 2 N–H and O–H groups in total. The zero-order chi connectivity index (χ0) is 16.8. The molecule has 1 heterocycles. The molecule has 128 valence electrons. The Morgan fingerprint density at radius 2 is 1.77 bits per heavy atom. The molecule has 0 saturated carbocycles. The van der Waals surface area contributed by atoms with E-state index in [1.165, 1.54) is 0 Å². The summed E-state index contributed by atoms with van der Waals surface area (Å²) in [6.07, 6.45) is 1.48. The molecule has 0 radical (unpaired) electrons. The highest BCUT2D eigenvalue weighted by Crippen LogP contribution is 2.11. The predicted octanol–water partition coefficient (Wildman–Crippen LogP) is 1.25. The molecule has 3 amide bonds. The summed E-state index contributed by atoms with van der Waals surface area (Å²) in [6.45, 7) is 8.30. The molecule has 7 heteroatoms. The second-order valence-corrected chi connectivity index (χ2v) is 6.82. The average Bonchev–Trinajstić information content (AvgIpc) is 2.41. The van der Waals surface area contributed by atoms with Crippen molar-refractivity contribution in [3.05, 3.63) is 0 Å². The van der Waals surface area contributed by atoms with E-state index < -0.39 is 5.60 Å². The molecule has 0 aromatic carbocycles. The number of amides is 3. The van der Waals surface area contributed by atoms with E-state index >= 15 is 0 Å². The molecule has 0 atom stereocenters. The van der Waals surface area contributed by atoms with Gasteiger partial charge in [-0.25, -0.2) is 9.59 Å². The van der Waals surface area contributed by atoms with Crippen LogP contribution in [0.3, 0.4) is 0 Å². The number of ether oxygens (including phenoxy) is 1. The van der Waals surface area contributed by atoms with Crippen LogP contribution in [-0.4, -0.2) is 73.8 Å². The molecule has 1 saturated heterocycles. The summed E-state index contributed by atoms with van der Waals surface area (Å²) < 4.78 is 5.17. The lowest BCUT2D eigenvalue weighted by Gasteiger charge is -2.34. The van der Waals surface area contributed by atoms with Gasteiger partial charge < -0.3 is 25.2 Å². The minimum atomic E-state index is -0.469. The summed E-state index contributed by atoms with van der Waals surface area (Å²) in [5, 5.41) is 6.13. The molecule has 1 rings (SSSR count). The van der Waals surface area contributed by atoms with E-state index in [1.807, 2.05) is 25.7 Å². The zero-order valence-corrected chi connectivity index (χ0v) is 14.4. The maximum Gasteiger partial charge on any atom is 0.407 e. The first kappa shape index (κ1) is 18.5. The van der Waals surface area contributed by atoms with Crippen molar-refractivity contribution in [3.8, 4) is 0 Å². The fourth-order valence-corrected chi connectivity index (χ4v) is 2.31. The minimum absolute atomic E-state index is 0.0741. The van der Waals surface area contributed by atoms with E-state index in [4.69, 9.17) is 4.74 Å². The quantitative estimate of drug-likeness (QED) is 0.766. The van der Waals surface area contributed by atoms with Crippen molar-refractivity contribution in [1.29, 1.82) is 0 Å². The summed E-state index contributed by atoms with van der Waals surface area (Å²) in [4.78, 5) is 26.8. The van der Waals surface area contributed by atoms with E-state index in [1.54, 1.807) is 19.0 Å².